The number of anilines is 2. The number of hydrogen-bond donors (Lipinski definition) is 2. The average Bonchev–Trinajstić information content (AvgIpc) is 3.32. The maximum Gasteiger partial charge on any atom is 0.274 e. The van der Waals surface area contributed by atoms with E-state index in [1.165, 1.54) is 0 Å². The van der Waals surface area contributed by atoms with E-state index in [1.54, 1.807) is 48.7 Å². The van der Waals surface area contributed by atoms with Gasteiger partial charge in [0.25, 0.3) is 5.91 Å². The second-order valence-corrected chi connectivity index (χ2v) is 13.7. The Kier molecular flexibility index (Phi) is 8.06. The van der Waals surface area contributed by atoms with Crippen LogP contribution in [-0.4, -0.2) is 50.6 Å². The largest absolute Gasteiger partial charge is 0.486 e. The molecule has 1 saturated heterocycles. The van der Waals surface area contributed by atoms with Crippen LogP contribution in [0.5, 0.6) is 5.75 Å². The first-order valence-electron chi connectivity index (χ1n) is 14.0. The minimum atomic E-state index is -0.353. The first-order chi connectivity index (χ1) is 19.0. The molecule has 1 aromatic carbocycles. The van der Waals surface area contributed by atoms with E-state index in [0.717, 1.165) is 18.4 Å². The molecule has 1 aliphatic rings. The second kappa shape index (κ2) is 10.9. The number of pyridine rings is 1. The van der Waals surface area contributed by atoms with E-state index in [9.17, 15) is 9.59 Å². The predicted octanol–water partition coefficient (Wildman–Crippen LogP) is 6.22. The Hall–Kier alpha value is -3.72. The van der Waals surface area contributed by atoms with Gasteiger partial charge in [0, 0.05) is 41.1 Å². The van der Waals surface area contributed by atoms with E-state index in [-0.39, 0.29) is 46.0 Å². The number of likely N-dealkylation sites (tertiary alicyclic amines) is 1. The summed E-state index contributed by atoms with van der Waals surface area (Å²) in [6.45, 7) is 17.1. The van der Waals surface area contributed by atoms with Crippen LogP contribution in [0.25, 0.3) is 0 Å². The van der Waals surface area contributed by atoms with Gasteiger partial charge in [-0.3, -0.25) is 14.5 Å². The smallest absolute Gasteiger partial charge is 0.274 e. The summed E-state index contributed by atoms with van der Waals surface area (Å²) in [4.78, 5) is 32.1. The molecule has 0 radical (unpaired) electrons. The lowest BCUT2D eigenvalue weighted by Gasteiger charge is -2.57. The number of hydrogen-bond acceptors (Lipinski definition) is 7. The first-order valence-corrected chi connectivity index (χ1v) is 14.0. The number of amides is 2. The highest BCUT2D eigenvalue weighted by Gasteiger charge is 2.50. The molecule has 220 valence electrons. The molecular formula is C32H43N5O4. The maximum absolute atomic E-state index is 12.8. The number of ether oxygens (including phenoxy) is 1. The van der Waals surface area contributed by atoms with Gasteiger partial charge in [0.1, 0.15) is 22.8 Å². The Morgan fingerprint density at radius 2 is 1.61 bits per heavy atom. The SMILES string of the molecule is CN1C(C)(C)CC(C)(Oc2ccc(C(=O)Nc3ccc(CC(=O)Nc4cc(C(C)(C)C)on4)cc3)nc2)CC1(C)C. The molecule has 0 bridgehead atoms. The molecule has 41 heavy (non-hydrogen) atoms. The Morgan fingerprint density at radius 1 is 0.976 bits per heavy atom. The maximum atomic E-state index is 12.8. The van der Waals surface area contributed by atoms with Crippen molar-refractivity contribution in [2.75, 3.05) is 17.7 Å². The standard InChI is InChI=1S/C32H43N5O4/c1-29(2,3)25-17-26(36-41-25)35-27(38)16-21-10-12-22(13-11-21)34-28(39)24-15-14-23(18-33-24)40-32(8)19-30(4,5)37(9)31(6,7)20-32/h10-15,17-18H,16,19-20H2,1-9H3,(H,34,39)(H,35,36,38). The zero-order chi connectivity index (χ0) is 30.2. The summed E-state index contributed by atoms with van der Waals surface area (Å²) >= 11 is 0. The monoisotopic (exact) mass is 561 g/mol. The molecule has 0 atom stereocenters. The Morgan fingerprint density at radius 3 is 2.15 bits per heavy atom. The van der Waals surface area contributed by atoms with Crippen LogP contribution in [0.1, 0.15) is 90.0 Å². The number of carbonyl (C=O) groups excluding carboxylic acids is 2. The molecule has 3 aromatic rings. The van der Waals surface area contributed by atoms with Crippen LogP contribution in [0.3, 0.4) is 0 Å². The van der Waals surface area contributed by atoms with Gasteiger partial charge >= 0.3 is 0 Å². The van der Waals surface area contributed by atoms with E-state index in [1.807, 2.05) is 20.8 Å². The van der Waals surface area contributed by atoms with Gasteiger partial charge in [-0.2, -0.15) is 0 Å². The average molecular weight is 562 g/mol. The fraction of sp³-hybridized carbons (Fsp3) is 0.500. The van der Waals surface area contributed by atoms with Crippen LogP contribution in [0.4, 0.5) is 11.5 Å². The normalized spacial score (nSPS) is 18.0. The molecule has 2 aromatic heterocycles. The van der Waals surface area contributed by atoms with Gasteiger partial charge < -0.3 is 19.9 Å². The highest BCUT2D eigenvalue weighted by molar-refractivity contribution is 6.02. The van der Waals surface area contributed by atoms with Gasteiger partial charge in [-0.15, -0.1) is 0 Å². The van der Waals surface area contributed by atoms with Crippen molar-refractivity contribution in [3.8, 4) is 5.75 Å². The molecule has 9 nitrogen and oxygen atoms in total. The van der Waals surface area contributed by atoms with Gasteiger partial charge in [0.2, 0.25) is 5.91 Å². The number of carbonyl (C=O) groups is 2. The van der Waals surface area contributed by atoms with Crippen molar-refractivity contribution in [3.63, 3.8) is 0 Å². The van der Waals surface area contributed by atoms with Crippen molar-refractivity contribution in [2.24, 2.45) is 0 Å². The lowest BCUT2D eigenvalue weighted by molar-refractivity contribution is -0.115. The van der Waals surface area contributed by atoms with Crippen molar-refractivity contribution >= 4 is 23.3 Å². The van der Waals surface area contributed by atoms with Gasteiger partial charge in [-0.05, 0) is 71.5 Å². The molecule has 2 N–H and O–H groups in total. The van der Waals surface area contributed by atoms with Gasteiger partial charge in [-0.1, -0.05) is 38.1 Å². The summed E-state index contributed by atoms with van der Waals surface area (Å²) in [6.07, 6.45) is 3.52. The summed E-state index contributed by atoms with van der Waals surface area (Å²) in [5.74, 6) is 1.20. The molecule has 0 saturated carbocycles. The number of nitrogens with one attached hydrogen (secondary N) is 2. The number of rotatable bonds is 7. The molecule has 1 fully saturated rings. The summed E-state index contributed by atoms with van der Waals surface area (Å²) in [6, 6.07) is 12.3. The third kappa shape index (κ3) is 7.33. The highest BCUT2D eigenvalue weighted by Crippen LogP contribution is 2.44. The first kappa shape index (κ1) is 30.2. The fourth-order valence-electron chi connectivity index (χ4n) is 5.84. The van der Waals surface area contributed by atoms with E-state index >= 15 is 0 Å². The van der Waals surface area contributed by atoms with E-state index in [2.05, 4.69) is 67.3 Å². The molecule has 1 aliphatic heterocycles. The second-order valence-electron chi connectivity index (χ2n) is 13.7. The van der Waals surface area contributed by atoms with Crippen LogP contribution in [-0.2, 0) is 16.6 Å². The number of piperidine rings is 1. The zero-order valence-electron chi connectivity index (χ0n) is 25.7. The molecular weight excluding hydrogens is 518 g/mol. The van der Waals surface area contributed by atoms with Crippen molar-refractivity contribution in [1.29, 1.82) is 0 Å². The van der Waals surface area contributed by atoms with Gasteiger partial charge in [-0.25, -0.2) is 4.98 Å². The minimum Gasteiger partial charge on any atom is -0.486 e. The predicted molar refractivity (Wildman–Crippen MR) is 160 cm³/mol. The van der Waals surface area contributed by atoms with Crippen LogP contribution in [0, 0.1) is 0 Å². The minimum absolute atomic E-state index is 0.0176. The van der Waals surface area contributed by atoms with E-state index < -0.39 is 0 Å². The topological polar surface area (TPSA) is 110 Å². The summed E-state index contributed by atoms with van der Waals surface area (Å²) in [5.41, 5.74) is 1.11. The molecule has 2 amide bonds. The summed E-state index contributed by atoms with van der Waals surface area (Å²) < 4.78 is 11.8. The molecule has 0 unspecified atom stereocenters. The quantitative estimate of drug-likeness (QED) is 0.352. The lowest BCUT2D eigenvalue weighted by atomic mass is 9.72. The zero-order valence-corrected chi connectivity index (χ0v) is 25.7. The molecule has 4 rings (SSSR count). The van der Waals surface area contributed by atoms with Crippen molar-refractivity contribution in [2.45, 2.75) is 96.7 Å². The molecule has 9 heteroatoms. The van der Waals surface area contributed by atoms with Crippen LogP contribution < -0.4 is 15.4 Å². The van der Waals surface area contributed by atoms with E-state index in [4.69, 9.17) is 9.26 Å². The van der Waals surface area contributed by atoms with Gasteiger partial charge in [0.15, 0.2) is 5.82 Å². The van der Waals surface area contributed by atoms with E-state index in [0.29, 0.717) is 23.0 Å². The summed E-state index contributed by atoms with van der Waals surface area (Å²) in [5, 5.41) is 9.54. The number of aromatic nitrogens is 2. The van der Waals surface area contributed by atoms with Crippen molar-refractivity contribution in [3.05, 3.63) is 65.7 Å². The van der Waals surface area contributed by atoms with Crippen LogP contribution in [0.15, 0.2) is 53.2 Å². The molecule has 3 heterocycles. The Balaban J connectivity index is 1.31. The fourth-order valence-corrected chi connectivity index (χ4v) is 5.84. The van der Waals surface area contributed by atoms with Crippen LogP contribution in [0.2, 0.25) is 0 Å². The van der Waals surface area contributed by atoms with Crippen molar-refractivity contribution < 1.29 is 18.8 Å². The van der Waals surface area contributed by atoms with Crippen molar-refractivity contribution in [1.82, 2.24) is 15.0 Å². The Bertz CT molecular complexity index is 1370. The third-order valence-electron chi connectivity index (χ3n) is 7.86. The highest BCUT2D eigenvalue weighted by atomic mass is 16.5. The number of nitrogens with zero attached hydrogens (tertiary/aromatic N) is 3. The molecule has 0 spiro atoms. The van der Waals surface area contributed by atoms with Gasteiger partial charge in [0.05, 0.1) is 12.6 Å². The van der Waals surface area contributed by atoms with Crippen LogP contribution >= 0.6 is 0 Å². The Labute approximate surface area is 243 Å². The number of benzene rings is 1. The summed E-state index contributed by atoms with van der Waals surface area (Å²) in [7, 11) is 2.17. The third-order valence-corrected chi connectivity index (χ3v) is 7.86. The lowest BCUT2D eigenvalue weighted by Crippen LogP contribution is -2.64. The molecule has 0 aliphatic carbocycles.